The van der Waals surface area contributed by atoms with Crippen molar-refractivity contribution in [2.45, 2.75) is 25.7 Å². The molecule has 0 bridgehead atoms. The van der Waals surface area contributed by atoms with Gasteiger partial charge in [0.25, 0.3) is 0 Å². The lowest BCUT2D eigenvalue weighted by Gasteiger charge is -2.14. The molecule has 0 radical (unpaired) electrons. The highest BCUT2D eigenvalue weighted by atomic mass is 35.5. The molecule has 0 saturated carbocycles. The maximum Gasteiger partial charge on any atom is 0.342 e. The van der Waals surface area contributed by atoms with Gasteiger partial charge in [0.15, 0.2) is 0 Å². The van der Waals surface area contributed by atoms with Crippen molar-refractivity contribution in [3.63, 3.8) is 0 Å². The molecule has 3 N–H and O–H groups in total. The average molecular weight is 352 g/mol. The molecule has 0 atom stereocenters. The first kappa shape index (κ1) is 17.9. The summed E-state index contributed by atoms with van der Waals surface area (Å²) in [4.78, 5) is 12.3. The fourth-order valence-electron chi connectivity index (χ4n) is 2.33. The summed E-state index contributed by atoms with van der Waals surface area (Å²) in [7, 11) is 0. The number of fused-ring (bicyclic) bond motifs is 1. The molecule has 0 spiro atoms. The maximum absolute atomic E-state index is 12.3. The summed E-state index contributed by atoms with van der Waals surface area (Å²) in [6.07, 6.45) is 9.33. The summed E-state index contributed by atoms with van der Waals surface area (Å²) in [5.74, 6) is -1.55. The molecule has 0 fully saturated rings. The van der Waals surface area contributed by atoms with Gasteiger partial charge in [-0.05, 0) is 30.9 Å². The normalized spacial score (nSPS) is 20.7. The highest BCUT2D eigenvalue weighted by Gasteiger charge is 2.24. The molecule has 0 saturated heterocycles. The van der Waals surface area contributed by atoms with Crippen LogP contribution in [0.25, 0.3) is 0 Å². The summed E-state index contributed by atoms with van der Waals surface area (Å²) in [6, 6.07) is 0.986. The Balaban J connectivity index is 2.51. The van der Waals surface area contributed by atoms with E-state index in [0.717, 1.165) is 18.9 Å². The number of halogens is 1. The van der Waals surface area contributed by atoms with Crippen molar-refractivity contribution in [1.82, 2.24) is 0 Å². The van der Waals surface area contributed by atoms with Crippen molar-refractivity contribution in [2.75, 3.05) is 6.61 Å². The Morgan fingerprint density at radius 2 is 1.96 bits per heavy atom. The minimum absolute atomic E-state index is 0.0634. The van der Waals surface area contributed by atoms with Gasteiger partial charge in [-0.25, -0.2) is 4.79 Å². The summed E-state index contributed by atoms with van der Waals surface area (Å²) in [6.45, 7) is 0.209. The molecule has 7 heteroatoms. The minimum Gasteiger partial charge on any atom is -0.507 e. The monoisotopic (exact) mass is 351 g/mol. The number of nitrogens with zero attached hydrogens (tertiary/aromatic N) is 1. The molecule has 6 nitrogen and oxygen atoms in total. The third kappa shape index (κ3) is 4.29. The van der Waals surface area contributed by atoms with E-state index in [-0.39, 0.29) is 40.6 Å². The lowest BCUT2D eigenvalue weighted by molar-refractivity contribution is 0.0494. The van der Waals surface area contributed by atoms with E-state index in [1.54, 1.807) is 12.2 Å². The summed E-state index contributed by atoms with van der Waals surface area (Å²) in [5.41, 5.74) is 0.204. The zero-order valence-electron chi connectivity index (χ0n) is 12.9. The van der Waals surface area contributed by atoms with Gasteiger partial charge >= 0.3 is 5.97 Å². The second kappa shape index (κ2) is 8.40. The number of benzene rings is 1. The average Bonchev–Trinajstić information content (AvgIpc) is 2.55. The lowest BCUT2D eigenvalue weighted by Crippen LogP contribution is -2.13. The van der Waals surface area contributed by atoms with Gasteiger partial charge in [0.05, 0.1) is 17.3 Å². The van der Waals surface area contributed by atoms with Crippen LogP contribution in [0, 0.1) is 0 Å². The van der Waals surface area contributed by atoms with Gasteiger partial charge in [-0.15, -0.1) is 0 Å². The molecular formula is C17H18ClNO5. The Hall–Kier alpha value is -2.47. The Morgan fingerprint density at radius 3 is 2.71 bits per heavy atom. The van der Waals surface area contributed by atoms with Gasteiger partial charge < -0.3 is 20.2 Å². The number of phenols is 2. The first-order valence-electron chi connectivity index (χ1n) is 7.49. The number of carbonyl (C=O) groups is 1. The predicted octanol–water partition coefficient (Wildman–Crippen LogP) is 3.58. The molecule has 2 rings (SSSR count). The van der Waals surface area contributed by atoms with Crippen molar-refractivity contribution >= 4 is 23.3 Å². The molecule has 1 aliphatic heterocycles. The van der Waals surface area contributed by atoms with Gasteiger partial charge in [-0.3, -0.25) is 0 Å². The molecule has 0 unspecified atom stereocenters. The molecule has 128 valence electrons. The molecule has 1 heterocycles. The molecule has 0 amide bonds. The van der Waals surface area contributed by atoms with E-state index in [9.17, 15) is 15.0 Å². The quantitative estimate of drug-likeness (QED) is 0.377. The number of rotatable bonds is 0. The van der Waals surface area contributed by atoms with Crippen LogP contribution in [0.3, 0.4) is 0 Å². The first-order chi connectivity index (χ1) is 11.5. The van der Waals surface area contributed by atoms with Crippen LogP contribution in [-0.4, -0.2) is 33.7 Å². The van der Waals surface area contributed by atoms with Gasteiger partial charge in [0.2, 0.25) is 0 Å². The van der Waals surface area contributed by atoms with Crippen LogP contribution in [0.5, 0.6) is 11.5 Å². The fourth-order valence-corrected chi connectivity index (χ4v) is 2.55. The zero-order chi connectivity index (χ0) is 17.5. The summed E-state index contributed by atoms with van der Waals surface area (Å²) in [5, 5.41) is 32.1. The topological polar surface area (TPSA) is 99.4 Å². The number of carbonyl (C=O) groups excluding carboxylic acids is 1. The fraction of sp³-hybridized carbons (Fsp3) is 0.294. The Labute approximate surface area is 144 Å². The summed E-state index contributed by atoms with van der Waals surface area (Å²) < 4.78 is 5.17. The van der Waals surface area contributed by atoms with Crippen molar-refractivity contribution in [2.24, 2.45) is 5.16 Å². The van der Waals surface area contributed by atoms with E-state index in [1.807, 2.05) is 12.2 Å². The molecule has 24 heavy (non-hydrogen) atoms. The molecular weight excluding hydrogens is 334 g/mol. The Morgan fingerprint density at radius 1 is 1.17 bits per heavy atom. The van der Waals surface area contributed by atoms with Gasteiger partial charge in [-0.1, -0.05) is 35.0 Å². The maximum atomic E-state index is 12.3. The van der Waals surface area contributed by atoms with Crippen LogP contribution in [-0.2, 0) is 11.2 Å². The van der Waals surface area contributed by atoms with Crippen molar-refractivity contribution in [3.05, 3.63) is 46.5 Å². The number of esters is 1. The van der Waals surface area contributed by atoms with E-state index in [0.29, 0.717) is 6.42 Å². The Kier molecular flexibility index (Phi) is 6.26. The molecule has 0 aliphatic carbocycles. The third-order valence-electron chi connectivity index (χ3n) is 3.55. The third-order valence-corrected chi connectivity index (χ3v) is 3.97. The number of ether oxygens (including phenoxy) is 1. The molecule has 0 aromatic heterocycles. The number of oxime groups is 1. The van der Waals surface area contributed by atoms with Crippen molar-refractivity contribution in [1.29, 1.82) is 0 Å². The highest BCUT2D eigenvalue weighted by molar-refractivity contribution is 6.33. The number of allylic oxidation sites excluding steroid dienone is 4. The van der Waals surface area contributed by atoms with Gasteiger partial charge in [0, 0.05) is 12.5 Å². The van der Waals surface area contributed by atoms with Gasteiger partial charge in [-0.2, -0.15) is 0 Å². The van der Waals surface area contributed by atoms with E-state index in [4.69, 9.17) is 21.5 Å². The number of hydrogen-bond donors (Lipinski definition) is 3. The Bertz CT molecular complexity index is 709. The highest BCUT2D eigenvalue weighted by Crippen LogP contribution is 2.37. The molecule has 1 aromatic rings. The largest absolute Gasteiger partial charge is 0.507 e. The van der Waals surface area contributed by atoms with Crippen molar-refractivity contribution < 1.29 is 25.0 Å². The van der Waals surface area contributed by atoms with E-state index in [1.165, 1.54) is 0 Å². The minimum atomic E-state index is -0.738. The van der Waals surface area contributed by atoms with Crippen LogP contribution < -0.4 is 0 Å². The van der Waals surface area contributed by atoms with Crippen LogP contribution in [0.1, 0.15) is 35.2 Å². The second-order valence-corrected chi connectivity index (χ2v) is 5.65. The lowest BCUT2D eigenvalue weighted by atomic mass is 9.99. The van der Waals surface area contributed by atoms with Crippen molar-refractivity contribution in [3.8, 4) is 11.5 Å². The van der Waals surface area contributed by atoms with E-state index >= 15 is 0 Å². The SMILES string of the molecule is O=C1OCCCC\C=C/C=C/C(=N\O)Cc2c(Cl)c(O)cc(O)c21. The smallest absolute Gasteiger partial charge is 0.342 e. The van der Waals surface area contributed by atoms with Crippen LogP contribution >= 0.6 is 11.6 Å². The molecule has 1 aliphatic rings. The van der Waals surface area contributed by atoms with Gasteiger partial charge in [0.1, 0.15) is 17.1 Å². The van der Waals surface area contributed by atoms with E-state index in [2.05, 4.69) is 5.16 Å². The number of cyclic esters (lactones) is 1. The molecule has 1 aromatic carbocycles. The standard InChI is InChI=1S/C17H18ClNO5/c18-16-12-9-11(19-23)7-5-3-1-2-4-6-8-24-17(22)15(12)13(20)10-14(16)21/h1,3,5,7,10,20-21,23H,2,4,6,8-9H2/b3-1-,7-5+,19-11+. The zero-order valence-corrected chi connectivity index (χ0v) is 13.7. The van der Waals surface area contributed by atoms with Crippen LogP contribution in [0.4, 0.5) is 0 Å². The number of phenolic OH excluding ortho intramolecular Hbond substituents is 2. The predicted molar refractivity (Wildman–Crippen MR) is 90.1 cm³/mol. The number of aromatic hydroxyl groups is 2. The number of hydrogen-bond acceptors (Lipinski definition) is 6. The van der Waals surface area contributed by atoms with Crippen LogP contribution in [0.15, 0.2) is 35.5 Å². The second-order valence-electron chi connectivity index (χ2n) is 5.27. The first-order valence-corrected chi connectivity index (χ1v) is 7.87. The van der Waals surface area contributed by atoms with Crippen LogP contribution in [0.2, 0.25) is 5.02 Å². The summed E-state index contributed by atoms with van der Waals surface area (Å²) >= 11 is 6.08. The van der Waals surface area contributed by atoms with E-state index < -0.39 is 11.7 Å².